The minimum atomic E-state index is -0.891. The van der Waals surface area contributed by atoms with E-state index in [1.807, 2.05) is 19.0 Å². The molecule has 0 radical (unpaired) electrons. The second kappa shape index (κ2) is 7.22. The molecular formula is C14H29N3O2. The third-order valence-corrected chi connectivity index (χ3v) is 3.71. The fourth-order valence-corrected chi connectivity index (χ4v) is 2.70. The molecule has 1 rings (SSSR count). The maximum Gasteiger partial charge on any atom is 0.237 e. The molecule has 1 saturated heterocycles. The molecule has 1 fully saturated rings. The molecule has 0 aromatic heterocycles. The van der Waals surface area contributed by atoms with E-state index in [0.717, 1.165) is 25.8 Å². The van der Waals surface area contributed by atoms with E-state index in [-0.39, 0.29) is 11.9 Å². The van der Waals surface area contributed by atoms with Gasteiger partial charge in [-0.05, 0) is 46.3 Å². The predicted molar refractivity (Wildman–Crippen MR) is 77.0 cm³/mol. The summed E-state index contributed by atoms with van der Waals surface area (Å²) in [5.74, 6) is 0.650. The van der Waals surface area contributed by atoms with Crippen LogP contribution in [0.2, 0.25) is 0 Å². The molecule has 3 N–H and O–H groups in total. The van der Waals surface area contributed by atoms with Gasteiger partial charge in [0.25, 0.3) is 0 Å². The number of carbonyl (C=O) groups excluding carboxylic acids is 1. The standard InChI is InChI=1S/C14H29N3O2/c1-5-11-6-7-15-12(8-11)13(18)16-9-14(2,19)10-17(3)4/h11-12,15,19H,5-10H2,1-4H3,(H,16,18). The molecular weight excluding hydrogens is 242 g/mol. The summed E-state index contributed by atoms with van der Waals surface area (Å²) < 4.78 is 0. The first kappa shape index (κ1) is 16.4. The summed E-state index contributed by atoms with van der Waals surface area (Å²) in [7, 11) is 3.82. The third-order valence-electron chi connectivity index (χ3n) is 3.71. The van der Waals surface area contributed by atoms with Crippen molar-refractivity contribution in [2.75, 3.05) is 33.7 Å². The van der Waals surface area contributed by atoms with Gasteiger partial charge in [-0.25, -0.2) is 0 Å². The highest BCUT2D eigenvalue weighted by Gasteiger charge is 2.28. The molecule has 19 heavy (non-hydrogen) atoms. The summed E-state index contributed by atoms with van der Waals surface area (Å²) in [4.78, 5) is 14.0. The summed E-state index contributed by atoms with van der Waals surface area (Å²) in [6.45, 7) is 5.65. The van der Waals surface area contributed by atoms with Crippen molar-refractivity contribution in [1.82, 2.24) is 15.5 Å². The first-order valence-corrected chi connectivity index (χ1v) is 7.22. The molecule has 0 spiro atoms. The van der Waals surface area contributed by atoms with Crippen molar-refractivity contribution < 1.29 is 9.90 Å². The second-order valence-electron chi connectivity index (χ2n) is 6.26. The largest absolute Gasteiger partial charge is 0.387 e. The first-order valence-electron chi connectivity index (χ1n) is 7.22. The zero-order chi connectivity index (χ0) is 14.5. The predicted octanol–water partition coefficient (Wildman–Crippen LogP) is 0.193. The van der Waals surface area contributed by atoms with Crippen molar-refractivity contribution in [3.05, 3.63) is 0 Å². The second-order valence-corrected chi connectivity index (χ2v) is 6.26. The highest BCUT2D eigenvalue weighted by molar-refractivity contribution is 5.81. The molecule has 5 heteroatoms. The van der Waals surface area contributed by atoms with E-state index < -0.39 is 5.60 Å². The van der Waals surface area contributed by atoms with Crippen LogP contribution in [0.3, 0.4) is 0 Å². The van der Waals surface area contributed by atoms with E-state index in [0.29, 0.717) is 19.0 Å². The van der Waals surface area contributed by atoms with Crippen LogP contribution >= 0.6 is 0 Å². The Kier molecular flexibility index (Phi) is 6.23. The van der Waals surface area contributed by atoms with Gasteiger partial charge >= 0.3 is 0 Å². The van der Waals surface area contributed by atoms with E-state index >= 15 is 0 Å². The van der Waals surface area contributed by atoms with Crippen LogP contribution in [0.5, 0.6) is 0 Å². The number of nitrogens with zero attached hydrogens (tertiary/aromatic N) is 1. The molecule has 0 aromatic rings. The van der Waals surface area contributed by atoms with Crippen LogP contribution in [0.25, 0.3) is 0 Å². The normalized spacial score (nSPS) is 27.1. The third kappa shape index (κ3) is 5.89. The molecule has 1 heterocycles. The Bertz CT molecular complexity index is 292. The Morgan fingerprint density at radius 1 is 1.53 bits per heavy atom. The number of nitrogens with one attached hydrogen (secondary N) is 2. The molecule has 0 aliphatic carbocycles. The highest BCUT2D eigenvalue weighted by Crippen LogP contribution is 2.19. The summed E-state index contributed by atoms with van der Waals surface area (Å²) in [6, 6.07) is -0.103. The number of piperidine rings is 1. The van der Waals surface area contributed by atoms with E-state index in [1.54, 1.807) is 6.92 Å². The summed E-state index contributed by atoms with van der Waals surface area (Å²) in [5, 5.41) is 16.3. The molecule has 3 unspecified atom stereocenters. The van der Waals surface area contributed by atoms with Gasteiger partial charge in [-0.15, -0.1) is 0 Å². The van der Waals surface area contributed by atoms with Crippen molar-refractivity contribution in [2.24, 2.45) is 5.92 Å². The number of hydrogen-bond acceptors (Lipinski definition) is 4. The van der Waals surface area contributed by atoms with Crippen molar-refractivity contribution >= 4 is 5.91 Å². The molecule has 112 valence electrons. The van der Waals surface area contributed by atoms with Crippen LogP contribution in [-0.4, -0.2) is 61.3 Å². The zero-order valence-electron chi connectivity index (χ0n) is 12.7. The average Bonchev–Trinajstić information content (AvgIpc) is 2.34. The zero-order valence-corrected chi connectivity index (χ0v) is 12.7. The monoisotopic (exact) mass is 271 g/mol. The smallest absolute Gasteiger partial charge is 0.237 e. The Hall–Kier alpha value is -0.650. The Balaban J connectivity index is 2.38. The average molecular weight is 271 g/mol. The van der Waals surface area contributed by atoms with Gasteiger partial charge in [0, 0.05) is 13.1 Å². The van der Waals surface area contributed by atoms with Gasteiger partial charge in [0.15, 0.2) is 0 Å². The quantitative estimate of drug-likeness (QED) is 0.645. The maximum absolute atomic E-state index is 12.1. The lowest BCUT2D eigenvalue weighted by Gasteiger charge is -2.31. The Morgan fingerprint density at radius 3 is 2.79 bits per heavy atom. The molecule has 1 amide bonds. The van der Waals surface area contributed by atoms with E-state index in [2.05, 4.69) is 17.6 Å². The maximum atomic E-state index is 12.1. The van der Waals surface area contributed by atoms with Gasteiger partial charge in [0.1, 0.15) is 0 Å². The topological polar surface area (TPSA) is 64.6 Å². The van der Waals surface area contributed by atoms with Crippen LogP contribution in [0, 0.1) is 5.92 Å². The van der Waals surface area contributed by atoms with Crippen LogP contribution in [-0.2, 0) is 4.79 Å². The lowest BCUT2D eigenvalue weighted by molar-refractivity contribution is -0.125. The van der Waals surface area contributed by atoms with E-state index in [1.165, 1.54) is 0 Å². The minimum absolute atomic E-state index is 0.0113. The fourth-order valence-electron chi connectivity index (χ4n) is 2.70. The van der Waals surface area contributed by atoms with Gasteiger partial charge < -0.3 is 20.6 Å². The van der Waals surface area contributed by atoms with Crippen molar-refractivity contribution in [3.8, 4) is 0 Å². The Labute approximate surface area is 116 Å². The molecule has 0 bridgehead atoms. The first-order chi connectivity index (χ1) is 8.84. The number of rotatable bonds is 6. The summed E-state index contributed by atoms with van der Waals surface area (Å²) >= 11 is 0. The molecule has 5 nitrogen and oxygen atoms in total. The summed E-state index contributed by atoms with van der Waals surface area (Å²) in [6.07, 6.45) is 3.18. The Morgan fingerprint density at radius 2 is 2.21 bits per heavy atom. The lowest BCUT2D eigenvalue weighted by atomic mass is 9.90. The van der Waals surface area contributed by atoms with E-state index in [9.17, 15) is 9.90 Å². The number of amides is 1. The number of aliphatic hydroxyl groups is 1. The van der Waals surface area contributed by atoms with Crippen molar-refractivity contribution in [3.63, 3.8) is 0 Å². The minimum Gasteiger partial charge on any atom is -0.387 e. The van der Waals surface area contributed by atoms with E-state index in [4.69, 9.17) is 0 Å². The number of hydrogen-bond donors (Lipinski definition) is 3. The SMILES string of the molecule is CCC1CCNC(C(=O)NCC(C)(O)CN(C)C)C1. The van der Waals surface area contributed by atoms with Crippen LogP contribution < -0.4 is 10.6 Å². The lowest BCUT2D eigenvalue weighted by Crippen LogP contribution is -2.53. The molecule has 1 aliphatic heterocycles. The number of carbonyl (C=O) groups is 1. The van der Waals surface area contributed by atoms with Crippen LogP contribution in [0.1, 0.15) is 33.1 Å². The van der Waals surface area contributed by atoms with Gasteiger partial charge in [-0.1, -0.05) is 13.3 Å². The number of likely N-dealkylation sites (N-methyl/N-ethyl adjacent to an activating group) is 1. The van der Waals surface area contributed by atoms with Crippen LogP contribution in [0.4, 0.5) is 0 Å². The fraction of sp³-hybridized carbons (Fsp3) is 0.929. The highest BCUT2D eigenvalue weighted by atomic mass is 16.3. The van der Waals surface area contributed by atoms with Gasteiger partial charge in [-0.3, -0.25) is 4.79 Å². The van der Waals surface area contributed by atoms with Crippen molar-refractivity contribution in [2.45, 2.75) is 44.8 Å². The molecule has 3 atom stereocenters. The van der Waals surface area contributed by atoms with Crippen molar-refractivity contribution in [1.29, 1.82) is 0 Å². The van der Waals surface area contributed by atoms with Gasteiger partial charge in [0.2, 0.25) is 5.91 Å². The van der Waals surface area contributed by atoms with Crippen LogP contribution in [0.15, 0.2) is 0 Å². The molecule has 0 aromatic carbocycles. The molecule has 1 aliphatic rings. The van der Waals surface area contributed by atoms with Gasteiger partial charge in [0.05, 0.1) is 11.6 Å². The van der Waals surface area contributed by atoms with Gasteiger partial charge in [-0.2, -0.15) is 0 Å². The molecule has 0 saturated carbocycles. The summed E-state index contributed by atoms with van der Waals surface area (Å²) in [5.41, 5.74) is -0.891.